The zero-order valence-corrected chi connectivity index (χ0v) is 9.74. The molecule has 0 spiro atoms. The van der Waals surface area contributed by atoms with E-state index in [1.165, 1.54) is 4.88 Å². The summed E-state index contributed by atoms with van der Waals surface area (Å²) >= 11 is 1.75. The Bertz CT molecular complexity index is 417. The standard InChI is InChI=1S/C11H15N3S/c1-8(2)11(9-4-3-7-15-9)14-10(12)5-6-13-14/h3-8,11H,12H2,1-2H3. The normalized spacial score (nSPS) is 13.3. The fraction of sp³-hybridized carbons (Fsp3) is 0.364. The second kappa shape index (κ2) is 4.06. The minimum Gasteiger partial charge on any atom is -0.384 e. The van der Waals surface area contributed by atoms with Crippen LogP contribution < -0.4 is 5.73 Å². The molecule has 0 radical (unpaired) electrons. The Balaban J connectivity index is 2.41. The number of hydrogen-bond donors (Lipinski definition) is 1. The average molecular weight is 221 g/mol. The molecule has 2 aromatic rings. The lowest BCUT2D eigenvalue weighted by molar-refractivity contribution is 0.413. The molecule has 0 aliphatic rings. The number of nitrogens with two attached hydrogens (primary N) is 1. The lowest BCUT2D eigenvalue weighted by atomic mass is 10.0. The summed E-state index contributed by atoms with van der Waals surface area (Å²) in [6, 6.07) is 6.29. The van der Waals surface area contributed by atoms with Crippen molar-refractivity contribution in [3.8, 4) is 0 Å². The van der Waals surface area contributed by atoms with E-state index in [0.717, 1.165) is 5.82 Å². The minimum absolute atomic E-state index is 0.250. The highest BCUT2D eigenvalue weighted by Gasteiger charge is 2.20. The van der Waals surface area contributed by atoms with Gasteiger partial charge in [-0.15, -0.1) is 11.3 Å². The van der Waals surface area contributed by atoms with Gasteiger partial charge < -0.3 is 5.73 Å². The third kappa shape index (κ3) is 1.90. The Morgan fingerprint density at radius 2 is 2.20 bits per heavy atom. The highest BCUT2D eigenvalue weighted by molar-refractivity contribution is 7.10. The molecule has 0 saturated carbocycles. The van der Waals surface area contributed by atoms with E-state index in [-0.39, 0.29) is 6.04 Å². The molecule has 1 unspecified atom stereocenters. The molecular formula is C11H15N3S. The van der Waals surface area contributed by atoms with Crippen molar-refractivity contribution in [3.05, 3.63) is 34.7 Å². The lowest BCUT2D eigenvalue weighted by Crippen LogP contribution is -2.18. The Kier molecular flexibility index (Phi) is 2.77. The van der Waals surface area contributed by atoms with Crippen LogP contribution in [0.1, 0.15) is 24.8 Å². The molecule has 4 heteroatoms. The van der Waals surface area contributed by atoms with E-state index in [1.807, 2.05) is 10.7 Å². The number of hydrogen-bond acceptors (Lipinski definition) is 3. The van der Waals surface area contributed by atoms with E-state index in [0.29, 0.717) is 5.92 Å². The van der Waals surface area contributed by atoms with Crippen molar-refractivity contribution in [2.75, 3.05) is 5.73 Å². The van der Waals surface area contributed by atoms with Crippen LogP contribution in [0.5, 0.6) is 0 Å². The van der Waals surface area contributed by atoms with Crippen LogP contribution in [0, 0.1) is 5.92 Å². The van der Waals surface area contributed by atoms with Crippen LogP contribution in [-0.2, 0) is 0 Å². The van der Waals surface area contributed by atoms with E-state index in [1.54, 1.807) is 17.5 Å². The second-order valence-electron chi connectivity index (χ2n) is 3.90. The molecule has 15 heavy (non-hydrogen) atoms. The highest BCUT2D eigenvalue weighted by Crippen LogP contribution is 2.30. The van der Waals surface area contributed by atoms with Crippen molar-refractivity contribution < 1.29 is 0 Å². The van der Waals surface area contributed by atoms with Gasteiger partial charge in [-0.3, -0.25) is 0 Å². The van der Waals surface area contributed by atoms with Gasteiger partial charge in [-0.05, 0) is 23.4 Å². The summed E-state index contributed by atoms with van der Waals surface area (Å²) in [5.41, 5.74) is 5.89. The molecule has 0 saturated heterocycles. The molecule has 3 nitrogen and oxygen atoms in total. The molecule has 0 aromatic carbocycles. The van der Waals surface area contributed by atoms with Gasteiger partial charge in [-0.25, -0.2) is 4.68 Å². The monoisotopic (exact) mass is 221 g/mol. The van der Waals surface area contributed by atoms with E-state index >= 15 is 0 Å². The molecular weight excluding hydrogens is 206 g/mol. The van der Waals surface area contributed by atoms with E-state index in [2.05, 4.69) is 36.5 Å². The zero-order chi connectivity index (χ0) is 10.8. The van der Waals surface area contributed by atoms with Crippen molar-refractivity contribution in [3.63, 3.8) is 0 Å². The summed E-state index contributed by atoms with van der Waals surface area (Å²) in [5, 5.41) is 6.38. The van der Waals surface area contributed by atoms with Crippen molar-refractivity contribution in [2.45, 2.75) is 19.9 Å². The fourth-order valence-electron chi connectivity index (χ4n) is 1.75. The summed E-state index contributed by atoms with van der Waals surface area (Å²) in [6.07, 6.45) is 1.75. The molecule has 1 atom stereocenters. The maximum absolute atomic E-state index is 5.89. The first kappa shape index (κ1) is 10.2. The van der Waals surface area contributed by atoms with Crippen LogP contribution in [0.25, 0.3) is 0 Å². The Labute approximate surface area is 93.5 Å². The van der Waals surface area contributed by atoms with Crippen LogP contribution in [-0.4, -0.2) is 9.78 Å². The van der Waals surface area contributed by atoms with Gasteiger partial charge in [0.15, 0.2) is 0 Å². The summed E-state index contributed by atoms with van der Waals surface area (Å²) in [4.78, 5) is 1.31. The number of rotatable bonds is 3. The smallest absolute Gasteiger partial charge is 0.122 e. The molecule has 0 fully saturated rings. The third-order valence-electron chi connectivity index (χ3n) is 2.43. The third-order valence-corrected chi connectivity index (χ3v) is 3.37. The van der Waals surface area contributed by atoms with Gasteiger partial charge in [-0.1, -0.05) is 19.9 Å². The lowest BCUT2D eigenvalue weighted by Gasteiger charge is -2.21. The molecule has 2 aromatic heterocycles. The maximum atomic E-state index is 5.89. The number of aromatic nitrogens is 2. The molecule has 2 rings (SSSR count). The van der Waals surface area contributed by atoms with Gasteiger partial charge >= 0.3 is 0 Å². The van der Waals surface area contributed by atoms with Crippen LogP contribution >= 0.6 is 11.3 Å². The fourth-order valence-corrected chi connectivity index (χ4v) is 2.73. The minimum atomic E-state index is 0.250. The molecule has 0 aliphatic heterocycles. The number of nitrogen functional groups attached to an aromatic ring is 1. The van der Waals surface area contributed by atoms with E-state index < -0.39 is 0 Å². The molecule has 2 N–H and O–H groups in total. The summed E-state index contributed by atoms with van der Waals surface area (Å²) in [6.45, 7) is 4.37. The summed E-state index contributed by atoms with van der Waals surface area (Å²) < 4.78 is 1.90. The number of thiophene rings is 1. The predicted octanol–water partition coefficient (Wildman–Crippen LogP) is 2.77. The van der Waals surface area contributed by atoms with Crippen molar-refractivity contribution in [1.82, 2.24) is 9.78 Å². The number of nitrogens with zero attached hydrogens (tertiary/aromatic N) is 2. The van der Waals surface area contributed by atoms with Crippen LogP contribution in [0.2, 0.25) is 0 Å². The summed E-state index contributed by atoms with van der Waals surface area (Å²) in [7, 11) is 0. The largest absolute Gasteiger partial charge is 0.384 e. The van der Waals surface area contributed by atoms with Crippen LogP contribution in [0.3, 0.4) is 0 Å². The van der Waals surface area contributed by atoms with Gasteiger partial charge in [0.25, 0.3) is 0 Å². The summed E-state index contributed by atoms with van der Waals surface area (Å²) in [5.74, 6) is 1.20. The van der Waals surface area contributed by atoms with Gasteiger partial charge in [0.05, 0.1) is 12.2 Å². The molecule has 0 bridgehead atoms. The number of anilines is 1. The zero-order valence-electron chi connectivity index (χ0n) is 8.92. The van der Waals surface area contributed by atoms with Crippen molar-refractivity contribution >= 4 is 17.2 Å². The molecule has 80 valence electrons. The first-order valence-electron chi connectivity index (χ1n) is 5.02. The topological polar surface area (TPSA) is 43.8 Å². The van der Waals surface area contributed by atoms with Crippen LogP contribution in [0.15, 0.2) is 29.8 Å². The van der Waals surface area contributed by atoms with E-state index in [9.17, 15) is 0 Å². The van der Waals surface area contributed by atoms with Gasteiger partial charge in [0.1, 0.15) is 5.82 Å². The Hall–Kier alpha value is -1.29. The average Bonchev–Trinajstić information content (AvgIpc) is 2.79. The first-order valence-corrected chi connectivity index (χ1v) is 5.90. The first-order chi connectivity index (χ1) is 7.20. The SMILES string of the molecule is CC(C)C(c1cccs1)n1nccc1N. The quantitative estimate of drug-likeness (QED) is 0.866. The molecule has 2 heterocycles. The van der Waals surface area contributed by atoms with Gasteiger partial charge in [-0.2, -0.15) is 5.10 Å². The van der Waals surface area contributed by atoms with Gasteiger partial charge in [0.2, 0.25) is 0 Å². The van der Waals surface area contributed by atoms with Gasteiger partial charge in [0, 0.05) is 4.88 Å². The van der Waals surface area contributed by atoms with E-state index in [4.69, 9.17) is 5.73 Å². The molecule has 0 amide bonds. The Morgan fingerprint density at radius 3 is 2.67 bits per heavy atom. The predicted molar refractivity (Wildman–Crippen MR) is 63.9 cm³/mol. The van der Waals surface area contributed by atoms with Crippen molar-refractivity contribution in [2.24, 2.45) is 5.92 Å². The highest BCUT2D eigenvalue weighted by atomic mass is 32.1. The van der Waals surface area contributed by atoms with Crippen LogP contribution in [0.4, 0.5) is 5.82 Å². The Morgan fingerprint density at radius 1 is 1.40 bits per heavy atom. The maximum Gasteiger partial charge on any atom is 0.122 e. The molecule has 0 aliphatic carbocycles. The second-order valence-corrected chi connectivity index (χ2v) is 4.88. The van der Waals surface area contributed by atoms with Crippen molar-refractivity contribution in [1.29, 1.82) is 0 Å².